The molecule has 0 saturated heterocycles. The molecule has 1 fully saturated rings. The van der Waals surface area contributed by atoms with E-state index in [2.05, 4.69) is 20.9 Å². The first kappa shape index (κ1) is 7.94. The second-order valence-electron chi connectivity index (χ2n) is 3.43. The molecule has 13 heavy (non-hydrogen) atoms. The van der Waals surface area contributed by atoms with E-state index in [0.29, 0.717) is 9.37 Å². The molecule has 0 amide bonds. The summed E-state index contributed by atoms with van der Waals surface area (Å²) in [5.74, 6) is 0.178. The Morgan fingerprint density at radius 2 is 2.31 bits per heavy atom. The van der Waals surface area contributed by atoms with Crippen LogP contribution in [0.5, 0.6) is 0 Å². The summed E-state index contributed by atoms with van der Waals surface area (Å²) in [5.41, 5.74) is 0.763. The Labute approximate surface area is 84.2 Å². The highest BCUT2D eigenvalue weighted by Gasteiger charge is 2.58. The van der Waals surface area contributed by atoms with E-state index >= 15 is 0 Å². The quantitative estimate of drug-likeness (QED) is 0.710. The minimum Gasteiger partial charge on any atom is -0.260 e. The third-order valence-electron chi connectivity index (χ3n) is 2.65. The van der Waals surface area contributed by atoms with E-state index in [1.54, 1.807) is 12.3 Å². The molecule has 3 rings (SSSR count). The van der Waals surface area contributed by atoms with Gasteiger partial charge in [-0.25, -0.2) is 8.42 Å². The Balaban J connectivity index is 2.43. The molecule has 2 unspecified atom stereocenters. The number of fused-ring (bicyclic) bond motifs is 3. The number of aromatic nitrogens is 1. The van der Waals surface area contributed by atoms with E-state index < -0.39 is 9.84 Å². The second kappa shape index (κ2) is 2.15. The maximum Gasteiger partial charge on any atom is 0.184 e. The average molecular weight is 260 g/mol. The Morgan fingerprint density at radius 3 is 3.00 bits per heavy atom. The molecule has 1 aliphatic carbocycles. The summed E-state index contributed by atoms with van der Waals surface area (Å²) in [4.78, 5) is 4.56. The van der Waals surface area contributed by atoms with Crippen LogP contribution in [0.2, 0.25) is 0 Å². The lowest BCUT2D eigenvalue weighted by Crippen LogP contribution is -2.04. The largest absolute Gasteiger partial charge is 0.260 e. The van der Waals surface area contributed by atoms with E-state index in [1.807, 2.05) is 0 Å². The summed E-state index contributed by atoms with van der Waals surface area (Å²) >= 11 is 3.25. The van der Waals surface area contributed by atoms with Gasteiger partial charge in [0, 0.05) is 16.6 Å². The number of hydrogen-bond donors (Lipinski definition) is 0. The summed E-state index contributed by atoms with van der Waals surface area (Å²) in [7, 11) is -3.05. The van der Waals surface area contributed by atoms with E-state index in [-0.39, 0.29) is 11.2 Å². The van der Waals surface area contributed by atoms with Crippen LogP contribution in [0.15, 0.2) is 21.6 Å². The highest BCUT2D eigenvalue weighted by molar-refractivity contribution is 9.10. The van der Waals surface area contributed by atoms with Gasteiger partial charge in [-0.15, -0.1) is 0 Å². The summed E-state index contributed by atoms with van der Waals surface area (Å²) < 4.78 is 24.2. The molecule has 5 heteroatoms. The number of hydrogen-bond acceptors (Lipinski definition) is 3. The Kier molecular flexibility index (Phi) is 1.31. The first-order valence-electron chi connectivity index (χ1n) is 4.00. The highest BCUT2D eigenvalue weighted by Crippen LogP contribution is 2.56. The minimum absolute atomic E-state index is 0.172. The number of sulfone groups is 1. The Hall–Kier alpha value is -0.420. The van der Waals surface area contributed by atoms with Crippen molar-refractivity contribution >= 4 is 25.8 Å². The van der Waals surface area contributed by atoms with Gasteiger partial charge < -0.3 is 0 Å². The van der Waals surface area contributed by atoms with Crippen molar-refractivity contribution in [1.29, 1.82) is 0 Å². The van der Waals surface area contributed by atoms with Crippen LogP contribution in [0, 0.1) is 0 Å². The van der Waals surface area contributed by atoms with Gasteiger partial charge in [-0.2, -0.15) is 0 Å². The summed E-state index contributed by atoms with van der Waals surface area (Å²) in [6, 6.07) is 1.68. The molecule has 1 saturated carbocycles. The number of rotatable bonds is 0. The fourth-order valence-electron chi connectivity index (χ4n) is 1.94. The van der Waals surface area contributed by atoms with Crippen LogP contribution in [-0.4, -0.2) is 18.7 Å². The predicted molar refractivity (Wildman–Crippen MR) is 50.3 cm³/mol. The van der Waals surface area contributed by atoms with Gasteiger partial charge in [0.2, 0.25) is 0 Å². The normalized spacial score (nSPS) is 32.4. The first-order valence-corrected chi connectivity index (χ1v) is 6.34. The molecule has 2 atom stereocenters. The number of nitrogens with zero attached hydrogens (tertiary/aromatic N) is 1. The molecular weight excluding hydrogens is 254 g/mol. The molecule has 0 N–H and O–H groups in total. The van der Waals surface area contributed by atoms with Crippen LogP contribution in [0.3, 0.4) is 0 Å². The molecule has 1 aromatic heterocycles. The lowest BCUT2D eigenvalue weighted by atomic mass is 10.2. The monoisotopic (exact) mass is 259 g/mol. The van der Waals surface area contributed by atoms with Gasteiger partial charge in [0.05, 0.1) is 10.9 Å². The smallest absolute Gasteiger partial charge is 0.184 e. The van der Waals surface area contributed by atoms with Gasteiger partial charge in [-0.1, -0.05) is 0 Å². The molecule has 2 aliphatic rings. The average Bonchev–Trinajstić information content (AvgIpc) is 2.78. The lowest BCUT2D eigenvalue weighted by molar-refractivity contribution is 0.596. The van der Waals surface area contributed by atoms with Crippen molar-refractivity contribution in [3.05, 3.63) is 22.4 Å². The van der Waals surface area contributed by atoms with Crippen molar-refractivity contribution in [2.24, 2.45) is 0 Å². The predicted octanol–water partition coefficient (Wildman–Crippen LogP) is 1.49. The molecule has 0 aromatic carbocycles. The Morgan fingerprint density at radius 1 is 1.54 bits per heavy atom. The van der Waals surface area contributed by atoms with Gasteiger partial charge in [0.15, 0.2) is 9.84 Å². The molecule has 68 valence electrons. The van der Waals surface area contributed by atoms with Gasteiger partial charge in [0.25, 0.3) is 0 Å². The van der Waals surface area contributed by atoms with Gasteiger partial charge in [0.1, 0.15) is 4.90 Å². The molecule has 1 aliphatic heterocycles. The maximum atomic E-state index is 11.8. The van der Waals surface area contributed by atoms with Gasteiger partial charge in [-0.3, -0.25) is 4.98 Å². The minimum atomic E-state index is -3.05. The van der Waals surface area contributed by atoms with Crippen LogP contribution >= 0.6 is 15.9 Å². The van der Waals surface area contributed by atoms with Crippen molar-refractivity contribution in [1.82, 2.24) is 4.98 Å². The highest BCUT2D eigenvalue weighted by atomic mass is 79.9. The maximum absolute atomic E-state index is 11.8. The molecule has 0 radical (unpaired) electrons. The van der Waals surface area contributed by atoms with Gasteiger partial charge >= 0.3 is 0 Å². The fourth-order valence-corrected chi connectivity index (χ4v) is 5.10. The lowest BCUT2D eigenvalue weighted by Gasteiger charge is -2.03. The second-order valence-corrected chi connectivity index (χ2v) is 6.39. The summed E-state index contributed by atoms with van der Waals surface area (Å²) in [5, 5.41) is -0.172. The zero-order valence-electron chi connectivity index (χ0n) is 6.57. The van der Waals surface area contributed by atoms with E-state index in [0.717, 1.165) is 12.1 Å². The molecule has 2 heterocycles. The topological polar surface area (TPSA) is 47.0 Å². The summed E-state index contributed by atoms with van der Waals surface area (Å²) in [6.45, 7) is 0. The van der Waals surface area contributed by atoms with Crippen LogP contribution < -0.4 is 0 Å². The first-order chi connectivity index (χ1) is 6.12. The third kappa shape index (κ3) is 0.840. The van der Waals surface area contributed by atoms with Crippen molar-refractivity contribution < 1.29 is 8.42 Å². The van der Waals surface area contributed by atoms with Crippen LogP contribution in [0.1, 0.15) is 18.0 Å². The van der Waals surface area contributed by atoms with Crippen LogP contribution in [-0.2, 0) is 9.84 Å². The standard InChI is InChI=1S/C8H6BrNO2S/c9-5-1-2-10-7-4-3-6(4)13(11,12)8(5)7/h1-2,4,6H,3H2. The van der Waals surface area contributed by atoms with Crippen LogP contribution in [0.4, 0.5) is 0 Å². The summed E-state index contributed by atoms with van der Waals surface area (Å²) in [6.07, 6.45) is 2.41. The number of pyridine rings is 1. The zero-order chi connectivity index (χ0) is 9.22. The van der Waals surface area contributed by atoms with E-state index in [4.69, 9.17) is 0 Å². The van der Waals surface area contributed by atoms with Crippen molar-refractivity contribution in [3.8, 4) is 0 Å². The zero-order valence-corrected chi connectivity index (χ0v) is 8.97. The third-order valence-corrected chi connectivity index (χ3v) is 5.89. The molecule has 0 bridgehead atoms. The van der Waals surface area contributed by atoms with Gasteiger partial charge in [-0.05, 0) is 28.4 Å². The SMILES string of the molecule is O=S1(=O)c2c(Br)ccnc2C2CC21. The molecular formula is C8H6BrNO2S. The molecule has 1 aromatic rings. The molecule has 3 nitrogen and oxygen atoms in total. The molecule has 0 spiro atoms. The van der Waals surface area contributed by atoms with E-state index in [1.165, 1.54) is 0 Å². The van der Waals surface area contributed by atoms with Crippen molar-refractivity contribution in [3.63, 3.8) is 0 Å². The van der Waals surface area contributed by atoms with Crippen LogP contribution in [0.25, 0.3) is 0 Å². The van der Waals surface area contributed by atoms with Crippen molar-refractivity contribution in [2.45, 2.75) is 22.5 Å². The number of halogens is 1. The van der Waals surface area contributed by atoms with E-state index in [9.17, 15) is 8.42 Å². The van der Waals surface area contributed by atoms with Crippen molar-refractivity contribution in [2.75, 3.05) is 0 Å². The Bertz CT molecular complexity index is 497. The fraction of sp³-hybridized carbons (Fsp3) is 0.375.